The van der Waals surface area contributed by atoms with Crippen molar-refractivity contribution < 1.29 is 9.59 Å². The van der Waals surface area contributed by atoms with E-state index in [1.54, 1.807) is 4.90 Å². The molecule has 1 aromatic carbocycles. The molecule has 0 aromatic heterocycles. The lowest BCUT2D eigenvalue weighted by Crippen LogP contribution is -2.32. The highest BCUT2D eigenvalue weighted by atomic mass is 16.2. The molecule has 2 rings (SSSR count). The molecule has 1 aliphatic carbocycles. The molecule has 102 valence electrons. The fourth-order valence-electron chi connectivity index (χ4n) is 1.99. The summed E-state index contributed by atoms with van der Waals surface area (Å²) >= 11 is 0. The van der Waals surface area contributed by atoms with Crippen molar-refractivity contribution in [1.29, 1.82) is 0 Å². The van der Waals surface area contributed by atoms with E-state index in [2.05, 4.69) is 5.32 Å². The molecule has 19 heavy (non-hydrogen) atoms. The van der Waals surface area contributed by atoms with Crippen molar-refractivity contribution in [3.05, 3.63) is 30.3 Å². The van der Waals surface area contributed by atoms with Gasteiger partial charge in [0.15, 0.2) is 0 Å². The van der Waals surface area contributed by atoms with Crippen LogP contribution in [0.4, 0.5) is 5.69 Å². The van der Waals surface area contributed by atoms with Gasteiger partial charge in [-0.05, 0) is 31.9 Å². The smallest absolute Gasteiger partial charge is 0.227 e. The predicted molar refractivity (Wildman–Crippen MR) is 74.9 cm³/mol. The van der Waals surface area contributed by atoms with Gasteiger partial charge < -0.3 is 10.2 Å². The van der Waals surface area contributed by atoms with E-state index in [9.17, 15) is 9.59 Å². The highest BCUT2D eigenvalue weighted by molar-refractivity contribution is 5.95. The van der Waals surface area contributed by atoms with Gasteiger partial charge in [-0.1, -0.05) is 18.2 Å². The second-order valence-electron chi connectivity index (χ2n) is 4.82. The lowest BCUT2D eigenvalue weighted by molar-refractivity contribution is -0.125. The molecule has 1 aromatic rings. The molecule has 0 bridgehead atoms. The number of benzene rings is 1. The maximum Gasteiger partial charge on any atom is 0.227 e. The Labute approximate surface area is 113 Å². The van der Waals surface area contributed by atoms with Gasteiger partial charge in [0.2, 0.25) is 11.8 Å². The average molecular weight is 260 g/mol. The number of rotatable bonds is 6. The number of hydrogen-bond donors (Lipinski definition) is 1. The molecule has 0 saturated heterocycles. The molecule has 4 nitrogen and oxygen atoms in total. The molecule has 0 aliphatic heterocycles. The first kappa shape index (κ1) is 13.6. The van der Waals surface area contributed by atoms with Gasteiger partial charge in [-0.25, -0.2) is 0 Å². The van der Waals surface area contributed by atoms with Gasteiger partial charge in [-0.15, -0.1) is 0 Å². The standard InChI is InChI=1S/C15H20N2O2/c1-2-17(13-6-4-3-5-7-13)15(19)11-10-14(18)16-12-8-9-12/h3-7,12H,2,8-11H2,1H3,(H,16,18). The van der Waals surface area contributed by atoms with Crippen LogP contribution in [0.2, 0.25) is 0 Å². The number of amides is 2. The molecule has 0 atom stereocenters. The normalized spacial score (nSPS) is 13.9. The lowest BCUT2D eigenvalue weighted by atomic mass is 10.2. The number of nitrogens with one attached hydrogen (secondary N) is 1. The third kappa shape index (κ3) is 4.09. The maximum absolute atomic E-state index is 12.1. The highest BCUT2D eigenvalue weighted by Crippen LogP contribution is 2.19. The van der Waals surface area contributed by atoms with Gasteiger partial charge in [0.25, 0.3) is 0 Å². The molecule has 1 N–H and O–H groups in total. The zero-order valence-corrected chi connectivity index (χ0v) is 11.3. The topological polar surface area (TPSA) is 49.4 Å². The monoisotopic (exact) mass is 260 g/mol. The van der Waals surface area contributed by atoms with Crippen LogP contribution in [-0.4, -0.2) is 24.4 Å². The second kappa shape index (κ2) is 6.36. The maximum atomic E-state index is 12.1. The Hall–Kier alpha value is -1.84. The van der Waals surface area contributed by atoms with E-state index in [1.807, 2.05) is 37.3 Å². The Morgan fingerprint density at radius 3 is 2.47 bits per heavy atom. The van der Waals surface area contributed by atoms with Crippen LogP contribution in [0.1, 0.15) is 32.6 Å². The number of para-hydroxylation sites is 1. The zero-order chi connectivity index (χ0) is 13.7. The van der Waals surface area contributed by atoms with Crippen LogP contribution in [0.25, 0.3) is 0 Å². The molecule has 1 fully saturated rings. The third-order valence-corrected chi connectivity index (χ3v) is 3.19. The van der Waals surface area contributed by atoms with Crippen LogP contribution in [-0.2, 0) is 9.59 Å². The Morgan fingerprint density at radius 1 is 1.21 bits per heavy atom. The van der Waals surface area contributed by atoms with Crippen molar-refractivity contribution >= 4 is 17.5 Å². The van der Waals surface area contributed by atoms with Gasteiger partial charge in [0, 0.05) is 31.1 Å². The fraction of sp³-hybridized carbons (Fsp3) is 0.467. The number of nitrogens with zero attached hydrogens (tertiary/aromatic N) is 1. The van der Waals surface area contributed by atoms with Crippen molar-refractivity contribution in [3.63, 3.8) is 0 Å². The summed E-state index contributed by atoms with van der Waals surface area (Å²) in [6.07, 6.45) is 2.69. The van der Waals surface area contributed by atoms with Gasteiger partial charge in [-0.3, -0.25) is 9.59 Å². The summed E-state index contributed by atoms with van der Waals surface area (Å²) < 4.78 is 0. The quantitative estimate of drug-likeness (QED) is 0.851. The summed E-state index contributed by atoms with van der Waals surface area (Å²) in [7, 11) is 0. The van der Waals surface area contributed by atoms with Crippen molar-refractivity contribution in [2.75, 3.05) is 11.4 Å². The van der Waals surface area contributed by atoms with E-state index in [0.717, 1.165) is 18.5 Å². The van der Waals surface area contributed by atoms with Gasteiger partial charge in [-0.2, -0.15) is 0 Å². The van der Waals surface area contributed by atoms with E-state index in [0.29, 0.717) is 12.6 Å². The Morgan fingerprint density at radius 2 is 1.89 bits per heavy atom. The lowest BCUT2D eigenvalue weighted by Gasteiger charge is -2.20. The van der Waals surface area contributed by atoms with Crippen LogP contribution in [0.3, 0.4) is 0 Å². The first-order valence-electron chi connectivity index (χ1n) is 6.85. The molecular weight excluding hydrogens is 240 g/mol. The summed E-state index contributed by atoms with van der Waals surface area (Å²) in [6.45, 7) is 2.56. The summed E-state index contributed by atoms with van der Waals surface area (Å²) in [5.41, 5.74) is 0.887. The van der Waals surface area contributed by atoms with E-state index >= 15 is 0 Å². The number of anilines is 1. The second-order valence-corrected chi connectivity index (χ2v) is 4.82. The SMILES string of the molecule is CCN(C(=O)CCC(=O)NC1CC1)c1ccccc1. The molecule has 1 saturated carbocycles. The third-order valence-electron chi connectivity index (χ3n) is 3.19. The summed E-state index contributed by atoms with van der Waals surface area (Å²) in [4.78, 5) is 25.4. The number of carbonyl (C=O) groups excluding carboxylic acids is 2. The van der Waals surface area contributed by atoms with E-state index < -0.39 is 0 Å². The minimum atomic E-state index is -0.0139. The van der Waals surface area contributed by atoms with Crippen LogP contribution in [0.15, 0.2) is 30.3 Å². The van der Waals surface area contributed by atoms with Gasteiger partial charge >= 0.3 is 0 Å². The molecular formula is C15H20N2O2. The molecule has 0 radical (unpaired) electrons. The Kier molecular flexibility index (Phi) is 4.55. The van der Waals surface area contributed by atoms with Crippen LogP contribution >= 0.6 is 0 Å². The van der Waals surface area contributed by atoms with Gasteiger partial charge in [0.1, 0.15) is 0 Å². The summed E-state index contributed by atoms with van der Waals surface area (Å²) in [5, 5.41) is 2.90. The molecule has 0 unspecified atom stereocenters. The summed E-state index contributed by atoms with van der Waals surface area (Å²) in [5.74, 6) is -0.0142. The number of carbonyl (C=O) groups is 2. The van der Waals surface area contributed by atoms with E-state index in [4.69, 9.17) is 0 Å². The van der Waals surface area contributed by atoms with Gasteiger partial charge in [0.05, 0.1) is 0 Å². The van der Waals surface area contributed by atoms with Crippen LogP contribution in [0, 0.1) is 0 Å². The summed E-state index contributed by atoms with van der Waals surface area (Å²) in [6, 6.07) is 9.91. The van der Waals surface area contributed by atoms with Crippen molar-refractivity contribution in [1.82, 2.24) is 5.32 Å². The molecule has 0 spiro atoms. The molecule has 0 heterocycles. The van der Waals surface area contributed by atoms with Crippen LogP contribution in [0.5, 0.6) is 0 Å². The largest absolute Gasteiger partial charge is 0.353 e. The Bertz CT molecular complexity index is 441. The van der Waals surface area contributed by atoms with Crippen molar-refractivity contribution in [2.24, 2.45) is 0 Å². The molecule has 2 amide bonds. The fourth-order valence-corrected chi connectivity index (χ4v) is 1.99. The highest BCUT2D eigenvalue weighted by Gasteiger charge is 2.23. The van der Waals surface area contributed by atoms with Crippen molar-refractivity contribution in [2.45, 2.75) is 38.6 Å². The number of hydrogen-bond acceptors (Lipinski definition) is 2. The first-order chi connectivity index (χ1) is 9.20. The first-order valence-corrected chi connectivity index (χ1v) is 6.85. The van der Waals surface area contributed by atoms with Crippen LogP contribution < -0.4 is 10.2 Å². The minimum absolute atomic E-state index is 0.000327. The average Bonchev–Trinajstić information content (AvgIpc) is 3.22. The molecule has 1 aliphatic rings. The van der Waals surface area contributed by atoms with Crippen molar-refractivity contribution in [3.8, 4) is 0 Å². The minimum Gasteiger partial charge on any atom is -0.353 e. The van der Waals surface area contributed by atoms with E-state index in [1.165, 1.54) is 0 Å². The molecule has 4 heteroatoms. The Balaban J connectivity index is 1.84. The predicted octanol–water partition coefficient (Wildman–Crippen LogP) is 2.10. The van der Waals surface area contributed by atoms with E-state index in [-0.39, 0.29) is 24.7 Å². The zero-order valence-electron chi connectivity index (χ0n) is 11.3.